The normalized spacial score (nSPS) is 9.75. The number of carbonyl (C=O) groups excluding carboxylic acids is 3. The minimum atomic E-state index is -1.53. The fourth-order valence-electron chi connectivity index (χ4n) is 1.69. The molecule has 0 amide bonds. The summed E-state index contributed by atoms with van der Waals surface area (Å²) in [5.41, 5.74) is -0.247. The molecule has 2 rings (SSSR count). The molecule has 0 fully saturated rings. The molecule has 9 heteroatoms. The molecule has 0 aliphatic rings. The maximum atomic E-state index is 11.9. The largest absolute Gasteiger partial charge is 0.524 e. The molecular weight excluding hydrogens is 363 g/mol. The number of esters is 2. The van der Waals surface area contributed by atoms with Gasteiger partial charge >= 0.3 is 18.1 Å². The van der Waals surface area contributed by atoms with E-state index < -0.39 is 18.1 Å². The lowest BCUT2D eigenvalue weighted by Crippen LogP contribution is -2.18. The van der Waals surface area contributed by atoms with Crippen molar-refractivity contribution in [1.29, 1.82) is 0 Å². The lowest BCUT2D eigenvalue weighted by molar-refractivity contribution is 0.0336. The first-order valence-corrected chi connectivity index (χ1v) is 6.92. The van der Waals surface area contributed by atoms with Gasteiger partial charge in [-0.2, -0.15) is 0 Å². The zero-order chi connectivity index (χ0) is 17.5. The molecule has 0 atom stereocenters. The second-order valence-electron chi connectivity index (χ2n) is 4.18. The highest BCUT2D eigenvalue weighted by Gasteiger charge is 2.23. The number of benzene rings is 2. The maximum absolute atomic E-state index is 11.9. The van der Waals surface area contributed by atoms with Gasteiger partial charge in [0.25, 0.3) is 0 Å². The van der Waals surface area contributed by atoms with Crippen molar-refractivity contribution in [2.45, 2.75) is 0 Å². The number of halogens is 2. The molecular formula is C15H8Cl2O7. The highest BCUT2D eigenvalue weighted by molar-refractivity contribution is 6.11. The molecule has 2 aromatic carbocycles. The van der Waals surface area contributed by atoms with Gasteiger partial charge in [-0.05, 0) is 24.3 Å². The molecule has 0 aliphatic heterocycles. The third-order valence-corrected chi connectivity index (χ3v) is 3.06. The highest BCUT2D eigenvalue weighted by atomic mass is 35.5. The zero-order valence-electron chi connectivity index (χ0n) is 11.7. The predicted molar refractivity (Wildman–Crippen MR) is 82.1 cm³/mol. The summed E-state index contributed by atoms with van der Waals surface area (Å²) < 4.78 is 17.7. The van der Waals surface area contributed by atoms with Gasteiger partial charge in [-0.3, -0.25) is 0 Å². The van der Waals surface area contributed by atoms with Gasteiger partial charge in [-0.15, -0.1) is 0 Å². The summed E-state index contributed by atoms with van der Waals surface area (Å²) in [4.78, 5) is 35.3. The van der Waals surface area contributed by atoms with Crippen molar-refractivity contribution >= 4 is 41.8 Å². The molecule has 0 saturated carbocycles. The Hall–Kier alpha value is -2.77. The Morgan fingerprint density at radius 3 is 1.42 bits per heavy atom. The van der Waals surface area contributed by atoms with Crippen LogP contribution in [0.3, 0.4) is 0 Å². The molecule has 0 radical (unpaired) electrons. The van der Waals surface area contributed by atoms with Gasteiger partial charge < -0.3 is 18.1 Å². The Balaban J connectivity index is 2.05. The van der Waals surface area contributed by atoms with Crippen LogP contribution in [0.1, 0.15) is 20.7 Å². The van der Waals surface area contributed by atoms with E-state index in [-0.39, 0.29) is 22.6 Å². The molecule has 0 aliphatic carbocycles. The van der Waals surface area contributed by atoms with Crippen molar-refractivity contribution in [2.24, 2.45) is 0 Å². The number of para-hydroxylation sites is 2. The Bertz CT molecular complexity index is 712. The van der Waals surface area contributed by atoms with Crippen molar-refractivity contribution in [1.82, 2.24) is 0 Å². The monoisotopic (exact) mass is 370 g/mol. The number of carbonyl (C=O) groups is 3. The summed E-state index contributed by atoms with van der Waals surface area (Å²) in [7, 11) is 0. The molecule has 0 spiro atoms. The van der Waals surface area contributed by atoms with E-state index in [4.69, 9.17) is 23.7 Å². The quantitative estimate of drug-likeness (QED) is 0.595. The zero-order valence-corrected chi connectivity index (χ0v) is 13.2. The van der Waals surface area contributed by atoms with Gasteiger partial charge in [-0.25, -0.2) is 14.4 Å². The fraction of sp³-hybridized carbons (Fsp3) is 0. The number of hydrogen-bond acceptors (Lipinski definition) is 7. The van der Waals surface area contributed by atoms with E-state index in [0.29, 0.717) is 0 Å². The average Bonchev–Trinajstić information content (AvgIpc) is 2.61. The summed E-state index contributed by atoms with van der Waals surface area (Å²) >= 11 is 10.4. The molecule has 0 aromatic heterocycles. The van der Waals surface area contributed by atoms with Gasteiger partial charge in [0, 0.05) is 0 Å². The minimum absolute atomic E-state index is 0.0239. The third-order valence-electron chi connectivity index (χ3n) is 2.73. The SMILES string of the molecule is O=C(OC(=O)c1ccccc1OCl)OC(=O)c1ccccc1OCl. The number of rotatable bonds is 4. The van der Waals surface area contributed by atoms with E-state index in [9.17, 15) is 14.4 Å². The van der Waals surface area contributed by atoms with Crippen LogP contribution >= 0.6 is 23.7 Å². The topological polar surface area (TPSA) is 88.1 Å². The molecule has 2 aromatic rings. The van der Waals surface area contributed by atoms with Crippen LogP contribution in [0.15, 0.2) is 48.5 Å². The smallest absolute Gasteiger partial charge is 0.385 e. The van der Waals surface area contributed by atoms with Crippen LogP contribution in [-0.4, -0.2) is 18.1 Å². The lowest BCUT2D eigenvalue weighted by Gasteiger charge is -2.07. The number of ether oxygens (including phenoxy) is 2. The van der Waals surface area contributed by atoms with E-state index in [1.54, 1.807) is 12.1 Å². The van der Waals surface area contributed by atoms with Crippen LogP contribution in [-0.2, 0) is 9.47 Å². The number of hydrogen-bond donors (Lipinski definition) is 0. The van der Waals surface area contributed by atoms with Crippen molar-refractivity contribution in [2.75, 3.05) is 0 Å². The molecule has 0 saturated heterocycles. The highest BCUT2D eigenvalue weighted by Crippen LogP contribution is 2.22. The van der Waals surface area contributed by atoms with Crippen molar-refractivity contribution < 1.29 is 32.4 Å². The molecule has 24 heavy (non-hydrogen) atoms. The molecule has 0 heterocycles. The second kappa shape index (κ2) is 8.19. The first kappa shape index (κ1) is 17.6. The van der Waals surface area contributed by atoms with Crippen LogP contribution in [0.2, 0.25) is 0 Å². The van der Waals surface area contributed by atoms with E-state index in [2.05, 4.69) is 18.1 Å². The fourth-order valence-corrected chi connectivity index (χ4v) is 1.96. The van der Waals surface area contributed by atoms with Gasteiger partial charge in [0.05, 0.1) is 0 Å². The van der Waals surface area contributed by atoms with Crippen LogP contribution in [0.5, 0.6) is 11.5 Å². The predicted octanol–water partition coefficient (Wildman–Crippen LogP) is 3.89. The van der Waals surface area contributed by atoms with Crippen molar-refractivity contribution in [3.05, 3.63) is 59.7 Å². The molecule has 7 nitrogen and oxygen atoms in total. The van der Waals surface area contributed by atoms with Crippen molar-refractivity contribution in [3.8, 4) is 11.5 Å². The second-order valence-corrected chi connectivity index (χ2v) is 4.48. The van der Waals surface area contributed by atoms with Gasteiger partial charge in [0.1, 0.15) is 34.9 Å². The average molecular weight is 371 g/mol. The maximum Gasteiger partial charge on any atom is 0.524 e. The van der Waals surface area contributed by atoms with E-state index in [1.165, 1.54) is 36.4 Å². The standard InChI is InChI=1S/C15H8Cl2O7/c16-23-11-7-3-1-5-9(11)13(18)21-15(20)22-14(19)10-6-2-4-8-12(10)24-17/h1-8H. The summed E-state index contributed by atoms with van der Waals surface area (Å²) in [6.07, 6.45) is -1.53. The van der Waals surface area contributed by atoms with Crippen LogP contribution in [0, 0.1) is 0 Å². The van der Waals surface area contributed by atoms with Crippen LogP contribution < -0.4 is 8.58 Å². The molecule has 0 bridgehead atoms. The first-order valence-electron chi connectivity index (χ1n) is 6.30. The van der Waals surface area contributed by atoms with E-state index in [0.717, 1.165) is 0 Å². The van der Waals surface area contributed by atoms with Crippen LogP contribution in [0.25, 0.3) is 0 Å². The summed E-state index contributed by atoms with van der Waals surface area (Å²) in [6, 6.07) is 11.5. The van der Waals surface area contributed by atoms with E-state index >= 15 is 0 Å². The van der Waals surface area contributed by atoms with Crippen LogP contribution in [0.4, 0.5) is 4.79 Å². The Kier molecular flexibility index (Phi) is 6.00. The summed E-state index contributed by atoms with van der Waals surface area (Å²) in [5, 5.41) is 0. The first-order chi connectivity index (χ1) is 11.6. The molecule has 0 N–H and O–H groups in total. The molecule has 0 unspecified atom stereocenters. The summed E-state index contributed by atoms with van der Waals surface area (Å²) in [5.74, 6) is -2.26. The Morgan fingerprint density at radius 1 is 0.667 bits per heavy atom. The van der Waals surface area contributed by atoms with Gasteiger partial charge in [0.15, 0.2) is 11.5 Å². The van der Waals surface area contributed by atoms with Gasteiger partial charge in [0.2, 0.25) is 0 Å². The van der Waals surface area contributed by atoms with Gasteiger partial charge in [-0.1, -0.05) is 24.3 Å². The summed E-state index contributed by atoms with van der Waals surface area (Å²) in [6.45, 7) is 0. The Labute approximate surface area is 145 Å². The van der Waals surface area contributed by atoms with Crippen molar-refractivity contribution in [3.63, 3.8) is 0 Å². The third kappa shape index (κ3) is 4.15. The Morgan fingerprint density at radius 2 is 1.04 bits per heavy atom. The van der Waals surface area contributed by atoms with E-state index in [1.807, 2.05) is 0 Å². The molecule has 124 valence electrons. The minimum Gasteiger partial charge on any atom is -0.385 e. The lowest BCUT2D eigenvalue weighted by atomic mass is 10.2.